The Balaban J connectivity index is 1.93. The lowest BCUT2D eigenvalue weighted by Crippen LogP contribution is -2.27. The predicted molar refractivity (Wildman–Crippen MR) is 68.2 cm³/mol. The zero-order valence-corrected chi connectivity index (χ0v) is 10.7. The summed E-state index contributed by atoms with van der Waals surface area (Å²) in [5, 5.41) is 0. The standard InChI is InChI=1S/C13H14BrNO/c14-12-6-7-15(13(12)16)11-5-4-9-2-1-3-10(9)8-11/h4-5,8,12H,1-3,6-7H2. The van der Waals surface area contributed by atoms with E-state index in [4.69, 9.17) is 0 Å². The van der Waals surface area contributed by atoms with Crippen LogP contribution in [0.25, 0.3) is 0 Å². The fourth-order valence-electron chi connectivity index (χ4n) is 2.63. The van der Waals surface area contributed by atoms with Crippen LogP contribution in [0.4, 0.5) is 5.69 Å². The molecule has 1 unspecified atom stereocenters. The number of fused-ring (bicyclic) bond motifs is 1. The van der Waals surface area contributed by atoms with E-state index in [-0.39, 0.29) is 10.7 Å². The van der Waals surface area contributed by atoms with Gasteiger partial charge in [-0.3, -0.25) is 4.79 Å². The molecule has 0 radical (unpaired) electrons. The molecule has 3 heteroatoms. The van der Waals surface area contributed by atoms with Gasteiger partial charge in [-0.1, -0.05) is 22.0 Å². The van der Waals surface area contributed by atoms with Gasteiger partial charge in [-0.2, -0.15) is 0 Å². The van der Waals surface area contributed by atoms with Crippen LogP contribution in [0.5, 0.6) is 0 Å². The summed E-state index contributed by atoms with van der Waals surface area (Å²) >= 11 is 3.41. The van der Waals surface area contributed by atoms with Crippen LogP contribution in [0.3, 0.4) is 0 Å². The Bertz CT molecular complexity index is 444. The number of hydrogen-bond acceptors (Lipinski definition) is 1. The molecule has 1 amide bonds. The first-order valence-corrected chi connectivity index (χ1v) is 6.74. The number of anilines is 1. The largest absolute Gasteiger partial charge is 0.311 e. The zero-order chi connectivity index (χ0) is 11.1. The number of nitrogens with zero attached hydrogens (tertiary/aromatic N) is 1. The van der Waals surface area contributed by atoms with E-state index in [0.29, 0.717) is 0 Å². The predicted octanol–water partition coefficient (Wildman–Crippen LogP) is 2.68. The molecule has 0 bridgehead atoms. The minimum absolute atomic E-state index is 0.0146. The van der Waals surface area contributed by atoms with Gasteiger partial charge in [0.1, 0.15) is 0 Å². The molecular formula is C13H14BrNO. The van der Waals surface area contributed by atoms with E-state index >= 15 is 0 Å². The van der Waals surface area contributed by atoms with Crippen LogP contribution in [-0.4, -0.2) is 17.3 Å². The zero-order valence-electron chi connectivity index (χ0n) is 9.08. The number of rotatable bonds is 1. The van der Waals surface area contributed by atoms with Gasteiger partial charge in [-0.15, -0.1) is 0 Å². The van der Waals surface area contributed by atoms with E-state index in [1.165, 1.54) is 30.4 Å². The summed E-state index contributed by atoms with van der Waals surface area (Å²) in [6.45, 7) is 0.841. The van der Waals surface area contributed by atoms with E-state index in [1.807, 2.05) is 4.90 Å². The molecule has 1 saturated heterocycles. The van der Waals surface area contributed by atoms with Crippen molar-refractivity contribution in [2.24, 2.45) is 0 Å². The second-order valence-electron chi connectivity index (χ2n) is 4.55. The Kier molecular flexibility index (Phi) is 2.51. The number of amides is 1. The maximum absolute atomic E-state index is 11.9. The summed E-state index contributed by atoms with van der Waals surface area (Å²) in [6, 6.07) is 6.48. The summed E-state index contributed by atoms with van der Waals surface area (Å²) in [4.78, 5) is 13.8. The molecule has 2 aliphatic rings. The van der Waals surface area contributed by atoms with Gasteiger partial charge in [-0.05, 0) is 48.9 Å². The molecule has 1 atom stereocenters. The number of hydrogen-bond donors (Lipinski definition) is 0. The first-order chi connectivity index (χ1) is 7.75. The van der Waals surface area contributed by atoms with Crippen molar-refractivity contribution in [3.05, 3.63) is 29.3 Å². The molecule has 0 aromatic heterocycles. The molecular weight excluding hydrogens is 266 g/mol. The van der Waals surface area contributed by atoms with E-state index in [2.05, 4.69) is 34.1 Å². The van der Waals surface area contributed by atoms with Gasteiger partial charge in [0.05, 0.1) is 4.83 Å². The maximum atomic E-state index is 11.9. The average molecular weight is 280 g/mol. The Labute approximate surface area is 104 Å². The molecule has 0 N–H and O–H groups in total. The molecule has 1 heterocycles. The van der Waals surface area contributed by atoms with Gasteiger partial charge in [-0.25, -0.2) is 0 Å². The van der Waals surface area contributed by atoms with Crippen molar-refractivity contribution >= 4 is 27.5 Å². The molecule has 84 valence electrons. The molecule has 0 saturated carbocycles. The molecule has 0 spiro atoms. The monoisotopic (exact) mass is 279 g/mol. The number of aryl methyl sites for hydroxylation is 2. The van der Waals surface area contributed by atoms with E-state index < -0.39 is 0 Å². The van der Waals surface area contributed by atoms with E-state index in [9.17, 15) is 4.79 Å². The summed E-state index contributed by atoms with van der Waals surface area (Å²) in [7, 11) is 0. The van der Waals surface area contributed by atoms with Gasteiger partial charge < -0.3 is 4.90 Å². The van der Waals surface area contributed by atoms with Crippen LogP contribution < -0.4 is 4.90 Å². The summed E-state index contributed by atoms with van der Waals surface area (Å²) in [5.74, 6) is 0.206. The summed E-state index contributed by atoms with van der Waals surface area (Å²) < 4.78 is 0. The van der Waals surface area contributed by atoms with Crippen molar-refractivity contribution in [3.8, 4) is 0 Å². The molecule has 3 rings (SSSR count). The maximum Gasteiger partial charge on any atom is 0.240 e. The highest BCUT2D eigenvalue weighted by Crippen LogP contribution is 2.30. The van der Waals surface area contributed by atoms with Gasteiger partial charge >= 0.3 is 0 Å². The van der Waals surface area contributed by atoms with Crippen LogP contribution >= 0.6 is 15.9 Å². The van der Waals surface area contributed by atoms with E-state index in [1.54, 1.807) is 0 Å². The smallest absolute Gasteiger partial charge is 0.240 e. The molecule has 1 fully saturated rings. The van der Waals surface area contributed by atoms with Crippen molar-refractivity contribution in [1.29, 1.82) is 0 Å². The second-order valence-corrected chi connectivity index (χ2v) is 5.66. The molecule has 1 aliphatic carbocycles. The first-order valence-electron chi connectivity index (χ1n) is 5.83. The van der Waals surface area contributed by atoms with Crippen LogP contribution in [0, 0.1) is 0 Å². The van der Waals surface area contributed by atoms with Gasteiger partial charge in [0, 0.05) is 12.2 Å². The first kappa shape index (κ1) is 10.3. The number of benzene rings is 1. The van der Waals surface area contributed by atoms with Crippen LogP contribution in [0.1, 0.15) is 24.0 Å². The molecule has 1 aromatic rings. The number of alkyl halides is 1. The van der Waals surface area contributed by atoms with Crippen LogP contribution in [0.15, 0.2) is 18.2 Å². The average Bonchev–Trinajstić information content (AvgIpc) is 2.86. The van der Waals surface area contributed by atoms with Crippen molar-refractivity contribution in [1.82, 2.24) is 0 Å². The van der Waals surface area contributed by atoms with Crippen molar-refractivity contribution in [3.63, 3.8) is 0 Å². The number of carbonyl (C=O) groups is 1. The summed E-state index contributed by atoms with van der Waals surface area (Å²) in [6.07, 6.45) is 4.54. The number of halogens is 1. The third kappa shape index (κ3) is 1.58. The molecule has 2 nitrogen and oxygen atoms in total. The van der Waals surface area contributed by atoms with Gasteiger partial charge in [0.2, 0.25) is 5.91 Å². The Morgan fingerprint density at radius 3 is 2.81 bits per heavy atom. The highest BCUT2D eigenvalue weighted by molar-refractivity contribution is 9.10. The second kappa shape index (κ2) is 3.88. The molecule has 1 aromatic carbocycles. The third-order valence-corrected chi connectivity index (χ3v) is 4.38. The lowest BCUT2D eigenvalue weighted by molar-refractivity contribution is -0.116. The van der Waals surface area contributed by atoms with E-state index in [0.717, 1.165) is 18.7 Å². The van der Waals surface area contributed by atoms with Crippen LogP contribution in [0.2, 0.25) is 0 Å². The lowest BCUT2D eigenvalue weighted by atomic mass is 10.1. The van der Waals surface area contributed by atoms with Gasteiger partial charge in [0.15, 0.2) is 0 Å². The molecule has 1 aliphatic heterocycles. The fraction of sp³-hybridized carbons (Fsp3) is 0.462. The topological polar surface area (TPSA) is 20.3 Å². The van der Waals surface area contributed by atoms with Crippen LogP contribution in [-0.2, 0) is 17.6 Å². The van der Waals surface area contributed by atoms with Crippen molar-refractivity contribution in [2.75, 3.05) is 11.4 Å². The minimum atomic E-state index is 0.0146. The number of carbonyl (C=O) groups excluding carboxylic acids is 1. The highest BCUT2D eigenvalue weighted by atomic mass is 79.9. The minimum Gasteiger partial charge on any atom is -0.311 e. The van der Waals surface area contributed by atoms with Gasteiger partial charge in [0.25, 0.3) is 0 Å². The molecule has 16 heavy (non-hydrogen) atoms. The summed E-state index contributed by atoms with van der Waals surface area (Å²) in [5.41, 5.74) is 3.97. The normalized spacial score (nSPS) is 23.9. The lowest BCUT2D eigenvalue weighted by Gasteiger charge is -2.17. The Morgan fingerprint density at radius 1 is 1.25 bits per heavy atom. The highest BCUT2D eigenvalue weighted by Gasteiger charge is 2.30. The quantitative estimate of drug-likeness (QED) is 0.724. The fourth-order valence-corrected chi connectivity index (χ4v) is 3.08. The van der Waals surface area contributed by atoms with Crippen molar-refractivity contribution in [2.45, 2.75) is 30.5 Å². The Hall–Kier alpha value is -0.830. The SMILES string of the molecule is O=C1C(Br)CCN1c1ccc2c(c1)CCC2. The third-order valence-electron chi connectivity index (χ3n) is 3.53. The van der Waals surface area contributed by atoms with Crippen molar-refractivity contribution < 1.29 is 4.79 Å². The Morgan fingerprint density at radius 2 is 2.06 bits per heavy atom.